The van der Waals surface area contributed by atoms with Crippen LogP contribution >= 0.6 is 11.6 Å². The smallest absolute Gasteiger partial charge is 0.325 e. The van der Waals surface area contributed by atoms with E-state index < -0.39 is 5.72 Å². The van der Waals surface area contributed by atoms with Gasteiger partial charge < -0.3 is 14.8 Å². The number of halogens is 1. The van der Waals surface area contributed by atoms with Crippen molar-refractivity contribution in [1.82, 2.24) is 5.32 Å². The third-order valence-corrected chi connectivity index (χ3v) is 4.86. The number of nitrogens with zero attached hydrogens (tertiary/aromatic N) is 1. The van der Waals surface area contributed by atoms with Crippen molar-refractivity contribution < 1.29 is 14.3 Å². The summed E-state index contributed by atoms with van der Waals surface area (Å²) in [6.45, 7) is 4.40. The summed E-state index contributed by atoms with van der Waals surface area (Å²) in [5.74, 6) is 1.38. The van der Waals surface area contributed by atoms with Gasteiger partial charge in [-0.25, -0.2) is 4.79 Å². The van der Waals surface area contributed by atoms with Crippen molar-refractivity contribution >= 4 is 23.3 Å². The van der Waals surface area contributed by atoms with Crippen molar-refractivity contribution in [3.63, 3.8) is 0 Å². The van der Waals surface area contributed by atoms with Crippen LogP contribution < -0.4 is 19.7 Å². The van der Waals surface area contributed by atoms with Crippen LogP contribution in [0.3, 0.4) is 0 Å². The highest BCUT2D eigenvalue weighted by molar-refractivity contribution is 6.30. The molecule has 1 fully saturated rings. The van der Waals surface area contributed by atoms with Gasteiger partial charge >= 0.3 is 6.03 Å². The van der Waals surface area contributed by atoms with E-state index in [9.17, 15) is 4.79 Å². The van der Waals surface area contributed by atoms with Gasteiger partial charge in [0.15, 0.2) is 17.2 Å². The molecule has 2 aliphatic heterocycles. The van der Waals surface area contributed by atoms with Crippen LogP contribution in [0.5, 0.6) is 11.5 Å². The predicted octanol–water partition coefficient (Wildman–Crippen LogP) is 4.51. The van der Waals surface area contributed by atoms with Crippen LogP contribution in [0.25, 0.3) is 0 Å². The number of fused-ring (bicyclic) bond motifs is 4. The molecule has 1 saturated heterocycles. The number of rotatable bonds is 3. The summed E-state index contributed by atoms with van der Waals surface area (Å²) in [5, 5.41) is 3.65. The Kier molecular flexibility index (Phi) is 3.76. The number of hydrogen-bond donors (Lipinski definition) is 1. The van der Waals surface area contributed by atoms with Crippen LogP contribution in [0, 0.1) is 0 Å². The Labute approximate surface area is 151 Å². The summed E-state index contributed by atoms with van der Waals surface area (Å²) in [6.07, 6.45) is 0.633. The van der Waals surface area contributed by atoms with Gasteiger partial charge in [0.05, 0.1) is 18.3 Å². The number of anilines is 1. The number of para-hydroxylation sites is 1. The second-order valence-corrected chi connectivity index (χ2v) is 6.84. The molecule has 0 aliphatic carbocycles. The van der Waals surface area contributed by atoms with Crippen molar-refractivity contribution in [2.75, 3.05) is 11.5 Å². The van der Waals surface area contributed by atoms with Crippen molar-refractivity contribution in [3.05, 3.63) is 53.1 Å². The van der Waals surface area contributed by atoms with E-state index in [0.717, 1.165) is 5.56 Å². The van der Waals surface area contributed by atoms with E-state index in [0.29, 0.717) is 35.2 Å². The molecule has 2 aromatic rings. The first-order valence-corrected chi connectivity index (χ1v) is 8.70. The number of ether oxygens (including phenoxy) is 2. The highest BCUT2D eigenvalue weighted by Crippen LogP contribution is 2.49. The Bertz CT molecular complexity index is 841. The summed E-state index contributed by atoms with van der Waals surface area (Å²) in [4.78, 5) is 14.4. The van der Waals surface area contributed by atoms with E-state index in [-0.39, 0.29) is 12.1 Å². The molecule has 2 amide bonds. The summed E-state index contributed by atoms with van der Waals surface area (Å²) in [7, 11) is 0. The number of hydrogen-bond acceptors (Lipinski definition) is 3. The van der Waals surface area contributed by atoms with Crippen molar-refractivity contribution in [1.29, 1.82) is 0 Å². The minimum atomic E-state index is -0.822. The highest BCUT2D eigenvalue weighted by Gasteiger charge is 2.50. The Morgan fingerprint density at radius 2 is 2.16 bits per heavy atom. The quantitative estimate of drug-likeness (QED) is 0.878. The lowest BCUT2D eigenvalue weighted by Crippen LogP contribution is -2.65. The Hall–Kier alpha value is -2.40. The molecule has 2 heterocycles. The Balaban J connectivity index is 1.81. The van der Waals surface area contributed by atoms with Crippen LogP contribution in [0.4, 0.5) is 10.5 Å². The number of carbonyl (C=O) groups excluding carboxylic acids is 1. The number of carbonyl (C=O) groups is 1. The fraction of sp³-hybridized carbons (Fsp3) is 0.316. The molecular weight excluding hydrogens is 340 g/mol. The second-order valence-electron chi connectivity index (χ2n) is 6.41. The van der Waals surface area contributed by atoms with Crippen LogP contribution in [0.15, 0.2) is 42.5 Å². The molecule has 0 radical (unpaired) electrons. The van der Waals surface area contributed by atoms with Gasteiger partial charge in [-0.2, -0.15) is 0 Å². The largest absolute Gasteiger partial charge is 0.490 e. The predicted molar refractivity (Wildman–Crippen MR) is 96.5 cm³/mol. The first kappa shape index (κ1) is 16.1. The van der Waals surface area contributed by atoms with Gasteiger partial charge in [-0.3, -0.25) is 4.90 Å². The lowest BCUT2D eigenvalue weighted by Gasteiger charge is -2.50. The van der Waals surface area contributed by atoms with E-state index >= 15 is 0 Å². The second kappa shape index (κ2) is 5.85. The molecule has 1 N–H and O–H groups in total. The maximum atomic E-state index is 12.8. The summed E-state index contributed by atoms with van der Waals surface area (Å²) >= 11 is 6.12. The van der Waals surface area contributed by atoms with Gasteiger partial charge in [0, 0.05) is 17.0 Å². The molecule has 0 aromatic heterocycles. The fourth-order valence-corrected chi connectivity index (χ4v) is 3.82. The molecule has 0 saturated carbocycles. The van der Waals surface area contributed by atoms with Crippen LogP contribution in [0.2, 0.25) is 5.02 Å². The molecule has 2 aromatic carbocycles. The zero-order chi connectivity index (χ0) is 17.6. The van der Waals surface area contributed by atoms with Gasteiger partial charge in [0.25, 0.3) is 0 Å². The SMILES string of the molecule is CCOc1cccc2c1O[C@]1(C)C[C@H]2NC(=O)N1c1cccc(Cl)c1. The van der Waals surface area contributed by atoms with Crippen LogP contribution in [-0.2, 0) is 0 Å². The van der Waals surface area contributed by atoms with Crippen LogP contribution in [0.1, 0.15) is 31.9 Å². The van der Waals surface area contributed by atoms with Gasteiger partial charge in [-0.15, -0.1) is 0 Å². The molecule has 2 aliphatic rings. The third kappa shape index (κ3) is 2.59. The monoisotopic (exact) mass is 358 g/mol. The molecular formula is C19H19ClN2O3. The maximum absolute atomic E-state index is 12.8. The third-order valence-electron chi connectivity index (χ3n) is 4.63. The molecule has 2 atom stereocenters. The first-order valence-electron chi connectivity index (χ1n) is 8.33. The fourth-order valence-electron chi connectivity index (χ4n) is 3.64. The topological polar surface area (TPSA) is 50.8 Å². The van der Waals surface area contributed by atoms with Crippen molar-refractivity contribution in [2.45, 2.75) is 32.0 Å². The molecule has 0 spiro atoms. The highest BCUT2D eigenvalue weighted by atomic mass is 35.5. The van der Waals surface area contributed by atoms with Gasteiger partial charge in [-0.1, -0.05) is 29.8 Å². The van der Waals surface area contributed by atoms with Crippen molar-refractivity contribution in [2.24, 2.45) is 0 Å². The molecule has 25 heavy (non-hydrogen) atoms. The van der Waals surface area contributed by atoms with Gasteiger partial charge in [0.2, 0.25) is 0 Å². The zero-order valence-corrected chi connectivity index (χ0v) is 14.8. The van der Waals surface area contributed by atoms with Crippen molar-refractivity contribution in [3.8, 4) is 11.5 Å². The van der Waals surface area contributed by atoms with E-state index in [1.807, 2.05) is 44.2 Å². The molecule has 5 nitrogen and oxygen atoms in total. The Morgan fingerprint density at radius 3 is 2.92 bits per heavy atom. The summed E-state index contributed by atoms with van der Waals surface area (Å²) < 4.78 is 12.1. The van der Waals surface area contributed by atoms with E-state index in [1.165, 1.54) is 0 Å². The summed E-state index contributed by atoms with van der Waals surface area (Å²) in [6, 6.07) is 12.7. The molecule has 6 heteroatoms. The molecule has 130 valence electrons. The normalized spacial score (nSPS) is 24.2. The maximum Gasteiger partial charge on any atom is 0.325 e. The Morgan fingerprint density at radius 1 is 1.36 bits per heavy atom. The van der Waals surface area contributed by atoms with E-state index in [4.69, 9.17) is 21.1 Å². The van der Waals surface area contributed by atoms with Gasteiger partial charge in [0.1, 0.15) is 0 Å². The van der Waals surface area contributed by atoms with Gasteiger partial charge in [-0.05, 0) is 38.1 Å². The summed E-state index contributed by atoms with van der Waals surface area (Å²) in [5.41, 5.74) is 0.823. The minimum absolute atomic E-state index is 0.114. The lowest BCUT2D eigenvalue weighted by atomic mass is 9.90. The average molecular weight is 359 g/mol. The number of amides is 2. The number of benzene rings is 2. The lowest BCUT2D eigenvalue weighted by molar-refractivity contribution is 0.0343. The zero-order valence-electron chi connectivity index (χ0n) is 14.1. The van der Waals surface area contributed by atoms with Crippen LogP contribution in [-0.4, -0.2) is 18.4 Å². The molecule has 0 unspecified atom stereocenters. The van der Waals surface area contributed by atoms with E-state index in [2.05, 4.69) is 5.32 Å². The molecule has 4 rings (SSSR count). The minimum Gasteiger partial charge on any atom is -0.490 e. The van der Waals surface area contributed by atoms with E-state index in [1.54, 1.807) is 17.0 Å². The average Bonchev–Trinajstić information content (AvgIpc) is 2.55. The number of urea groups is 1. The standard InChI is InChI=1S/C19H19ClN2O3/c1-3-24-16-9-5-8-14-15-11-19(2,25-17(14)16)22(18(23)21-15)13-7-4-6-12(20)10-13/h4-10,15H,3,11H2,1-2H3,(H,21,23)/t15-,19-/m1/s1. The first-order chi connectivity index (χ1) is 12.0. The molecule has 2 bridgehead atoms. The number of nitrogens with one attached hydrogen (secondary N) is 1.